The number of hydrogen-bond donors (Lipinski definition) is 1. The van der Waals surface area contributed by atoms with Crippen LogP contribution in [0.5, 0.6) is 0 Å². The summed E-state index contributed by atoms with van der Waals surface area (Å²) in [5, 5.41) is 0. The van der Waals surface area contributed by atoms with Gasteiger partial charge in [-0.2, -0.15) is 0 Å². The Morgan fingerprint density at radius 1 is 1.25 bits per heavy atom. The smallest absolute Gasteiger partial charge is 0.179 e. The van der Waals surface area contributed by atoms with Crippen molar-refractivity contribution in [1.82, 2.24) is 0 Å². The fraction of sp³-hybridized carbons (Fsp3) is 0.500. The molecule has 0 aliphatic rings. The third kappa shape index (κ3) is 3.06. The molecule has 4 heteroatoms. The molecule has 1 atom stereocenters. The van der Waals surface area contributed by atoms with Gasteiger partial charge in [0, 0.05) is 6.54 Å². The Balaban J connectivity index is 2.95. The first-order valence-corrected chi connectivity index (χ1v) is 7.19. The van der Waals surface area contributed by atoms with E-state index in [1.54, 1.807) is 12.1 Å². The minimum atomic E-state index is -3.18. The zero-order chi connectivity index (χ0) is 12.2. The van der Waals surface area contributed by atoms with E-state index in [2.05, 4.69) is 13.8 Å². The predicted octanol–water partition coefficient (Wildman–Crippen LogP) is 1.93. The zero-order valence-electron chi connectivity index (χ0n) is 9.81. The molecule has 1 rings (SSSR count). The third-order valence-electron chi connectivity index (χ3n) is 2.81. The van der Waals surface area contributed by atoms with Crippen molar-refractivity contribution < 1.29 is 8.42 Å². The number of hydrogen-bond acceptors (Lipinski definition) is 3. The molecule has 0 radical (unpaired) electrons. The van der Waals surface area contributed by atoms with Gasteiger partial charge in [0.1, 0.15) is 0 Å². The first kappa shape index (κ1) is 13.2. The van der Waals surface area contributed by atoms with Gasteiger partial charge in [0.05, 0.1) is 10.6 Å². The van der Waals surface area contributed by atoms with E-state index in [1.807, 2.05) is 12.1 Å². The third-order valence-corrected chi connectivity index (χ3v) is 4.57. The molecule has 0 saturated heterocycles. The molecular weight excluding hydrogens is 222 g/mol. The van der Waals surface area contributed by atoms with Crippen LogP contribution in [-0.2, 0) is 9.84 Å². The molecule has 0 aliphatic carbocycles. The van der Waals surface area contributed by atoms with Crippen molar-refractivity contribution in [3.05, 3.63) is 29.8 Å². The summed E-state index contributed by atoms with van der Waals surface area (Å²) in [5.74, 6) is 0.474. The number of nitrogens with two attached hydrogens (primary N) is 1. The molecule has 0 saturated carbocycles. The zero-order valence-corrected chi connectivity index (χ0v) is 10.6. The van der Waals surface area contributed by atoms with Gasteiger partial charge in [-0.1, -0.05) is 26.0 Å². The molecule has 0 fully saturated rings. The SMILES string of the molecule is CCC(C)c1ccc(S(=O)(=O)CCN)cc1. The topological polar surface area (TPSA) is 60.2 Å². The predicted molar refractivity (Wildman–Crippen MR) is 66.3 cm³/mol. The monoisotopic (exact) mass is 241 g/mol. The molecule has 2 N–H and O–H groups in total. The Kier molecular flexibility index (Phi) is 4.50. The second-order valence-electron chi connectivity index (χ2n) is 3.99. The van der Waals surface area contributed by atoms with E-state index in [1.165, 1.54) is 5.56 Å². The lowest BCUT2D eigenvalue weighted by Crippen LogP contribution is -2.15. The van der Waals surface area contributed by atoms with Crippen molar-refractivity contribution in [3.8, 4) is 0 Å². The Morgan fingerprint density at radius 2 is 1.81 bits per heavy atom. The van der Waals surface area contributed by atoms with E-state index >= 15 is 0 Å². The van der Waals surface area contributed by atoms with Gasteiger partial charge in [-0.25, -0.2) is 8.42 Å². The molecule has 90 valence electrons. The highest BCUT2D eigenvalue weighted by Crippen LogP contribution is 2.20. The average Bonchev–Trinajstić information content (AvgIpc) is 2.28. The van der Waals surface area contributed by atoms with Crippen molar-refractivity contribution in [3.63, 3.8) is 0 Å². The summed E-state index contributed by atoms with van der Waals surface area (Å²) in [5.41, 5.74) is 6.45. The Hall–Kier alpha value is -0.870. The van der Waals surface area contributed by atoms with Gasteiger partial charge >= 0.3 is 0 Å². The molecule has 1 aromatic carbocycles. The summed E-state index contributed by atoms with van der Waals surface area (Å²) >= 11 is 0. The Morgan fingerprint density at radius 3 is 2.25 bits per heavy atom. The van der Waals surface area contributed by atoms with Gasteiger partial charge in [0.15, 0.2) is 9.84 Å². The van der Waals surface area contributed by atoms with Crippen LogP contribution in [0, 0.1) is 0 Å². The van der Waals surface area contributed by atoms with Crippen LogP contribution in [0.1, 0.15) is 31.7 Å². The fourth-order valence-electron chi connectivity index (χ4n) is 1.51. The fourth-order valence-corrected chi connectivity index (χ4v) is 2.61. The van der Waals surface area contributed by atoms with E-state index in [0.29, 0.717) is 10.8 Å². The van der Waals surface area contributed by atoms with Crippen molar-refractivity contribution >= 4 is 9.84 Å². The minimum Gasteiger partial charge on any atom is -0.329 e. The van der Waals surface area contributed by atoms with Crippen molar-refractivity contribution in [2.24, 2.45) is 5.73 Å². The van der Waals surface area contributed by atoms with Crippen LogP contribution in [0.4, 0.5) is 0 Å². The van der Waals surface area contributed by atoms with Crippen LogP contribution in [-0.4, -0.2) is 20.7 Å². The molecular formula is C12H19NO2S. The lowest BCUT2D eigenvalue weighted by atomic mass is 9.99. The summed E-state index contributed by atoms with van der Waals surface area (Å²) < 4.78 is 23.4. The van der Waals surface area contributed by atoms with Gasteiger partial charge in [0.2, 0.25) is 0 Å². The molecule has 0 spiro atoms. The first-order chi connectivity index (χ1) is 7.51. The van der Waals surface area contributed by atoms with Crippen LogP contribution in [0.25, 0.3) is 0 Å². The van der Waals surface area contributed by atoms with Gasteiger partial charge < -0.3 is 5.73 Å². The lowest BCUT2D eigenvalue weighted by Gasteiger charge is -2.09. The van der Waals surface area contributed by atoms with E-state index in [9.17, 15) is 8.42 Å². The summed E-state index contributed by atoms with van der Waals surface area (Å²) in [7, 11) is -3.18. The van der Waals surface area contributed by atoms with Crippen LogP contribution in [0.15, 0.2) is 29.2 Å². The minimum absolute atomic E-state index is 0.00960. The van der Waals surface area contributed by atoms with E-state index in [-0.39, 0.29) is 12.3 Å². The van der Waals surface area contributed by atoms with E-state index < -0.39 is 9.84 Å². The standard InChI is InChI=1S/C12H19NO2S/c1-3-10(2)11-4-6-12(7-5-11)16(14,15)9-8-13/h4-7,10H,3,8-9,13H2,1-2H3. The quantitative estimate of drug-likeness (QED) is 0.857. The van der Waals surface area contributed by atoms with Crippen molar-refractivity contribution in [1.29, 1.82) is 0 Å². The number of sulfone groups is 1. The van der Waals surface area contributed by atoms with Gasteiger partial charge in [0.25, 0.3) is 0 Å². The highest BCUT2D eigenvalue weighted by atomic mass is 32.2. The molecule has 16 heavy (non-hydrogen) atoms. The van der Waals surface area contributed by atoms with E-state index in [4.69, 9.17) is 5.73 Å². The molecule has 1 aromatic rings. The molecule has 0 aliphatic heterocycles. The maximum atomic E-state index is 11.7. The first-order valence-electron chi connectivity index (χ1n) is 5.54. The maximum Gasteiger partial charge on any atom is 0.179 e. The molecule has 0 aromatic heterocycles. The Bertz CT molecular complexity index is 423. The summed E-state index contributed by atoms with van der Waals surface area (Å²) in [6.45, 7) is 4.41. The van der Waals surface area contributed by atoms with Crippen LogP contribution in [0.2, 0.25) is 0 Å². The van der Waals surface area contributed by atoms with Crippen LogP contribution >= 0.6 is 0 Å². The van der Waals surface area contributed by atoms with Crippen LogP contribution < -0.4 is 5.73 Å². The van der Waals surface area contributed by atoms with Gasteiger partial charge in [-0.05, 0) is 30.0 Å². The summed E-state index contributed by atoms with van der Waals surface area (Å²) in [6, 6.07) is 7.12. The number of rotatable bonds is 5. The molecule has 3 nitrogen and oxygen atoms in total. The molecule has 0 bridgehead atoms. The van der Waals surface area contributed by atoms with Crippen molar-refractivity contribution in [2.75, 3.05) is 12.3 Å². The van der Waals surface area contributed by atoms with Crippen LogP contribution in [0.3, 0.4) is 0 Å². The number of benzene rings is 1. The maximum absolute atomic E-state index is 11.7. The largest absolute Gasteiger partial charge is 0.329 e. The molecule has 0 amide bonds. The van der Waals surface area contributed by atoms with Gasteiger partial charge in [-0.3, -0.25) is 0 Å². The molecule has 0 heterocycles. The van der Waals surface area contributed by atoms with Crippen molar-refractivity contribution in [2.45, 2.75) is 31.1 Å². The molecule has 1 unspecified atom stereocenters. The lowest BCUT2D eigenvalue weighted by molar-refractivity contribution is 0.595. The van der Waals surface area contributed by atoms with E-state index in [0.717, 1.165) is 6.42 Å². The highest BCUT2D eigenvalue weighted by molar-refractivity contribution is 7.91. The Labute approximate surface area is 97.6 Å². The summed E-state index contributed by atoms with van der Waals surface area (Å²) in [4.78, 5) is 0.366. The second kappa shape index (κ2) is 5.46. The highest BCUT2D eigenvalue weighted by Gasteiger charge is 2.13. The normalized spacial score (nSPS) is 13.7. The van der Waals surface area contributed by atoms with Gasteiger partial charge in [-0.15, -0.1) is 0 Å². The second-order valence-corrected chi connectivity index (χ2v) is 6.10. The average molecular weight is 241 g/mol. The summed E-state index contributed by atoms with van der Waals surface area (Å²) in [6.07, 6.45) is 1.05.